The number of hydrogen-bond donors (Lipinski definition) is 2. The molecule has 0 spiro atoms. The number of carbonyl (C=O) groups is 1. The van der Waals surface area contributed by atoms with Crippen molar-refractivity contribution < 1.29 is 4.79 Å². The van der Waals surface area contributed by atoms with E-state index in [0.29, 0.717) is 24.9 Å². The van der Waals surface area contributed by atoms with Gasteiger partial charge < -0.3 is 19.8 Å². The lowest BCUT2D eigenvalue weighted by Crippen LogP contribution is -2.46. The van der Waals surface area contributed by atoms with Crippen molar-refractivity contribution in [2.75, 3.05) is 19.3 Å². The van der Waals surface area contributed by atoms with Crippen LogP contribution in [0.3, 0.4) is 0 Å². The van der Waals surface area contributed by atoms with Crippen LogP contribution in [0.15, 0.2) is 28.3 Å². The summed E-state index contributed by atoms with van der Waals surface area (Å²) in [4.78, 5) is 29.8. The van der Waals surface area contributed by atoms with Crippen molar-refractivity contribution in [3.8, 4) is 0 Å². The molecule has 1 amide bonds. The van der Waals surface area contributed by atoms with Gasteiger partial charge in [0.1, 0.15) is 5.56 Å². The first-order valence-electron chi connectivity index (χ1n) is 8.85. The van der Waals surface area contributed by atoms with Gasteiger partial charge in [0.05, 0.1) is 18.4 Å². The van der Waals surface area contributed by atoms with E-state index in [1.54, 1.807) is 24.0 Å². The van der Waals surface area contributed by atoms with E-state index in [-0.39, 0.29) is 17.0 Å². The zero-order chi connectivity index (χ0) is 18.3. The van der Waals surface area contributed by atoms with Gasteiger partial charge in [-0.15, -0.1) is 0 Å². The average Bonchev–Trinajstić information content (AvgIpc) is 3.00. The second-order valence-corrected chi connectivity index (χ2v) is 7.80. The number of pyridine rings is 1. The van der Waals surface area contributed by atoms with Crippen molar-refractivity contribution in [3.63, 3.8) is 0 Å². The van der Waals surface area contributed by atoms with Crippen molar-refractivity contribution in [1.29, 1.82) is 0 Å². The first-order chi connectivity index (χ1) is 12.6. The van der Waals surface area contributed by atoms with Gasteiger partial charge in [0, 0.05) is 31.7 Å². The molecule has 8 heteroatoms. The van der Waals surface area contributed by atoms with Crippen LogP contribution < -0.4 is 16.2 Å². The van der Waals surface area contributed by atoms with Crippen molar-refractivity contribution >= 4 is 17.7 Å². The molecule has 0 aromatic carbocycles. The van der Waals surface area contributed by atoms with Crippen LogP contribution in [0.25, 0.3) is 0 Å². The maximum atomic E-state index is 12.9. The molecule has 4 heterocycles. The minimum Gasteiger partial charge on any atom is -0.346 e. The molecule has 1 saturated heterocycles. The van der Waals surface area contributed by atoms with Gasteiger partial charge in [0.15, 0.2) is 5.16 Å². The fourth-order valence-electron chi connectivity index (χ4n) is 4.01. The zero-order valence-corrected chi connectivity index (χ0v) is 15.8. The third-order valence-corrected chi connectivity index (χ3v) is 6.15. The van der Waals surface area contributed by atoms with E-state index in [9.17, 15) is 9.59 Å². The van der Waals surface area contributed by atoms with E-state index in [4.69, 9.17) is 0 Å². The van der Waals surface area contributed by atoms with Gasteiger partial charge in [-0.3, -0.25) is 9.59 Å². The number of rotatable bonds is 4. The van der Waals surface area contributed by atoms with E-state index in [1.165, 1.54) is 0 Å². The molecule has 2 aromatic rings. The molecule has 2 aliphatic heterocycles. The molecule has 0 radical (unpaired) electrons. The van der Waals surface area contributed by atoms with Crippen LogP contribution in [0.2, 0.25) is 0 Å². The molecule has 26 heavy (non-hydrogen) atoms. The Labute approximate surface area is 156 Å². The number of nitrogens with zero attached hydrogens (tertiary/aromatic N) is 3. The summed E-state index contributed by atoms with van der Waals surface area (Å²) >= 11 is 1.55. The van der Waals surface area contributed by atoms with Gasteiger partial charge in [-0.1, -0.05) is 11.8 Å². The summed E-state index contributed by atoms with van der Waals surface area (Å²) in [7, 11) is 1.92. The minimum atomic E-state index is -0.328. The molecule has 0 unspecified atom stereocenters. The highest BCUT2D eigenvalue weighted by molar-refractivity contribution is 7.98. The molecule has 0 saturated carbocycles. The van der Waals surface area contributed by atoms with Crippen LogP contribution in [-0.2, 0) is 20.1 Å². The Balaban J connectivity index is 1.54. The Bertz CT molecular complexity index is 903. The maximum Gasteiger partial charge on any atom is 0.263 e. The number of fused-ring (bicyclic) bond motifs is 4. The monoisotopic (exact) mass is 373 g/mol. The lowest BCUT2D eigenvalue weighted by atomic mass is 9.84. The third kappa shape index (κ3) is 2.97. The first kappa shape index (κ1) is 17.4. The van der Waals surface area contributed by atoms with Crippen LogP contribution in [-0.4, -0.2) is 39.4 Å². The molecular formula is C18H23N5O2S. The summed E-state index contributed by atoms with van der Waals surface area (Å²) in [5.41, 5.74) is 1.99. The molecule has 1 fully saturated rings. The molecule has 2 N–H and O–H groups in total. The Morgan fingerprint density at radius 2 is 2.27 bits per heavy atom. The van der Waals surface area contributed by atoms with Crippen LogP contribution in [0, 0.1) is 5.92 Å². The normalized spacial score (nSPS) is 21.3. The van der Waals surface area contributed by atoms with E-state index in [0.717, 1.165) is 36.1 Å². The van der Waals surface area contributed by atoms with Gasteiger partial charge >= 0.3 is 0 Å². The van der Waals surface area contributed by atoms with E-state index >= 15 is 0 Å². The fourth-order valence-corrected chi connectivity index (χ4v) is 4.56. The number of nitrogens with one attached hydrogen (secondary N) is 2. The second-order valence-electron chi connectivity index (χ2n) is 7.02. The molecule has 2 aromatic heterocycles. The van der Waals surface area contributed by atoms with Crippen molar-refractivity contribution in [1.82, 2.24) is 24.8 Å². The number of aromatic nitrogens is 3. The lowest BCUT2D eigenvalue weighted by molar-refractivity contribution is 0.0947. The van der Waals surface area contributed by atoms with E-state index in [1.807, 2.05) is 28.5 Å². The molecule has 7 nitrogen and oxygen atoms in total. The summed E-state index contributed by atoms with van der Waals surface area (Å²) in [6, 6.07) is 3.62. The SMILES string of the molecule is CSc1ncc(CNC(=O)c2ccc3n(c2=O)C[C@@H]2CNC[C@H]3C2)n1C. The van der Waals surface area contributed by atoms with E-state index < -0.39 is 0 Å². The second kappa shape index (κ2) is 6.92. The Morgan fingerprint density at radius 1 is 1.42 bits per heavy atom. The largest absolute Gasteiger partial charge is 0.346 e. The predicted octanol–water partition coefficient (Wildman–Crippen LogP) is 0.940. The molecule has 2 aliphatic rings. The van der Waals surface area contributed by atoms with Crippen LogP contribution in [0.4, 0.5) is 0 Å². The summed E-state index contributed by atoms with van der Waals surface area (Å²) in [6.07, 6.45) is 4.83. The number of amides is 1. The minimum absolute atomic E-state index is 0.175. The van der Waals surface area contributed by atoms with Gasteiger partial charge in [0.25, 0.3) is 11.5 Å². The van der Waals surface area contributed by atoms with Crippen LogP contribution in [0.1, 0.15) is 34.1 Å². The average molecular weight is 373 g/mol. The van der Waals surface area contributed by atoms with Crippen molar-refractivity contribution in [2.45, 2.75) is 30.6 Å². The number of thioether (sulfide) groups is 1. The summed E-state index contributed by atoms with van der Waals surface area (Å²) in [6.45, 7) is 2.88. The molecule has 138 valence electrons. The Hall–Kier alpha value is -2.06. The van der Waals surface area contributed by atoms with Crippen LogP contribution >= 0.6 is 11.8 Å². The van der Waals surface area contributed by atoms with Crippen molar-refractivity contribution in [2.24, 2.45) is 13.0 Å². The topological polar surface area (TPSA) is 80.9 Å². The highest BCUT2D eigenvalue weighted by Crippen LogP contribution is 2.31. The Kier molecular flexibility index (Phi) is 4.62. The third-order valence-electron chi connectivity index (χ3n) is 5.41. The number of hydrogen-bond acceptors (Lipinski definition) is 5. The maximum absolute atomic E-state index is 12.9. The lowest BCUT2D eigenvalue weighted by Gasteiger charge is -2.37. The molecule has 4 rings (SSSR count). The number of piperidine rings is 1. The Morgan fingerprint density at radius 3 is 3.04 bits per heavy atom. The van der Waals surface area contributed by atoms with Crippen molar-refractivity contribution in [3.05, 3.63) is 45.6 Å². The zero-order valence-electron chi connectivity index (χ0n) is 15.0. The quantitative estimate of drug-likeness (QED) is 0.780. The van der Waals surface area contributed by atoms with Crippen LogP contribution in [0.5, 0.6) is 0 Å². The fraction of sp³-hybridized carbons (Fsp3) is 0.500. The first-order valence-corrected chi connectivity index (χ1v) is 10.1. The number of carbonyl (C=O) groups excluding carboxylic acids is 1. The number of imidazole rings is 1. The van der Waals surface area contributed by atoms with Gasteiger partial charge in [0.2, 0.25) is 0 Å². The van der Waals surface area contributed by atoms with Gasteiger partial charge in [-0.2, -0.15) is 0 Å². The van der Waals surface area contributed by atoms with Gasteiger partial charge in [-0.05, 0) is 37.3 Å². The molecule has 2 atom stereocenters. The molecular weight excluding hydrogens is 350 g/mol. The summed E-state index contributed by atoms with van der Waals surface area (Å²) in [5, 5.41) is 7.18. The predicted molar refractivity (Wildman–Crippen MR) is 101 cm³/mol. The van der Waals surface area contributed by atoms with Gasteiger partial charge in [-0.25, -0.2) is 4.98 Å². The molecule has 2 bridgehead atoms. The standard InChI is InChI=1S/C18H23N5O2S/c1-22-13(9-21-18(22)26-2)8-20-16(24)14-3-4-15-12-5-11(6-19-7-12)10-23(15)17(14)25/h3-4,9,11-12,19H,5-8,10H2,1-2H3,(H,20,24)/t11-,12+/m0/s1. The highest BCUT2D eigenvalue weighted by atomic mass is 32.2. The highest BCUT2D eigenvalue weighted by Gasteiger charge is 2.31. The summed E-state index contributed by atoms with van der Waals surface area (Å²) < 4.78 is 3.75. The molecule has 0 aliphatic carbocycles. The van der Waals surface area contributed by atoms with E-state index in [2.05, 4.69) is 15.6 Å². The smallest absolute Gasteiger partial charge is 0.263 e. The summed E-state index contributed by atoms with van der Waals surface area (Å²) in [5.74, 6) is 0.509.